The lowest BCUT2D eigenvalue weighted by atomic mass is 9.96. The van der Waals surface area contributed by atoms with Crippen LogP contribution in [0.5, 0.6) is 0 Å². The zero-order chi connectivity index (χ0) is 18.7. The summed E-state index contributed by atoms with van der Waals surface area (Å²) in [7, 11) is 0. The average Bonchev–Trinajstić information content (AvgIpc) is 2.56. The Morgan fingerprint density at radius 3 is 2.32 bits per heavy atom. The largest absolute Gasteiger partial charge is 0.480 e. The van der Waals surface area contributed by atoms with E-state index in [-0.39, 0.29) is 17.9 Å². The predicted molar refractivity (Wildman–Crippen MR) is 96.3 cm³/mol. The molecule has 0 aliphatic heterocycles. The van der Waals surface area contributed by atoms with Crippen LogP contribution in [0.1, 0.15) is 71.6 Å². The number of carbonyl (C=O) groups excluding carboxylic acids is 2. The van der Waals surface area contributed by atoms with Crippen molar-refractivity contribution in [3.63, 3.8) is 0 Å². The molecule has 0 aromatic heterocycles. The van der Waals surface area contributed by atoms with Gasteiger partial charge in [0.15, 0.2) is 0 Å². The second-order valence-electron chi connectivity index (χ2n) is 7.17. The van der Waals surface area contributed by atoms with E-state index in [0.717, 1.165) is 25.7 Å². The van der Waals surface area contributed by atoms with Gasteiger partial charge in [0.2, 0.25) is 5.91 Å². The summed E-state index contributed by atoms with van der Waals surface area (Å²) < 4.78 is 0. The van der Waals surface area contributed by atoms with Crippen LogP contribution < -0.4 is 16.0 Å². The Bertz CT molecular complexity index is 434. The van der Waals surface area contributed by atoms with Crippen molar-refractivity contribution in [2.45, 2.75) is 83.7 Å². The topological polar surface area (TPSA) is 108 Å². The first kappa shape index (κ1) is 21.3. The number of urea groups is 1. The molecule has 0 saturated heterocycles. The summed E-state index contributed by atoms with van der Waals surface area (Å²) >= 11 is 0. The summed E-state index contributed by atoms with van der Waals surface area (Å²) in [6, 6.07) is -0.635. The zero-order valence-corrected chi connectivity index (χ0v) is 15.5. The summed E-state index contributed by atoms with van der Waals surface area (Å²) in [6.07, 6.45) is 8.38. The van der Waals surface area contributed by atoms with Crippen molar-refractivity contribution in [2.75, 3.05) is 6.54 Å². The van der Waals surface area contributed by atoms with Gasteiger partial charge in [0.25, 0.3) is 0 Å². The van der Waals surface area contributed by atoms with E-state index < -0.39 is 12.0 Å². The van der Waals surface area contributed by atoms with Crippen LogP contribution in [0.2, 0.25) is 0 Å². The third-order valence-corrected chi connectivity index (χ3v) is 4.56. The summed E-state index contributed by atoms with van der Waals surface area (Å²) in [6.45, 7) is 4.12. The van der Waals surface area contributed by atoms with E-state index in [9.17, 15) is 14.4 Å². The van der Waals surface area contributed by atoms with Crippen LogP contribution in [-0.2, 0) is 9.59 Å². The van der Waals surface area contributed by atoms with Crippen molar-refractivity contribution in [3.8, 4) is 0 Å². The van der Waals surface area contributed by atoms with Crippen LogP contribution in [0.25, 0.3) is 0 Å². The Morgan fingerprint density at radius 2 is 1.72 bits per heavy atom. The number of nitrogens with one attached hydrogen (secondary N) is 3. The lowest BCUT2D eigenvalue weighted by Gasteiger charge is -2.22. The molecule has 0 aromatic carbocycles. The van der Waals surface area contributed by atoms with Crippen molar-refractivity contribution in [1.29, 1.82) is 0 Å². The van der Waals surface area contributed by atoms with Gasteiger partial charge in [-0.3, -0.25) is 4.79 Å². The van der Waals surface area contributed by atoms with Gasteiger partial charge in [-0.25, -0.2) is 9.59 Å². The number of carboxylic acids is 1. The smallest absolute Gasteiger partial charge is 0.326 e. The molecule has 0 heterocycles. The summed E-state index contributed by atoms with van der Waals surface area (Å²) in [5.41, 5.74) is 0. The van der Waals surface area contributed by atoms with Crippen LogP contribution in [0.15, 0.2) is 0 Å². The molecule has 4 N–H and O–H groups in total. The number of hydrogen-bond acceptors (Lipinski definition) is 3. The second-order valence-corrected chi connectivity index (χ2v) is 7.17. The van der Waals surface area contributed by atoms with E-state index in [1.807, 2.05) is 0 Å². The molecule has 7 nitrogen and oxygen atoms in total. The molecule has 0 bridgehead atoms. The minimum atomic E-state index is -1.00. The fraction of sp³-hybridized carbons (Fsp3) is 0.833. The van der Waals surface area contributed by atoms with Crippen LogP contribution >= 0.6 is 0 Å². The number of rotatable bonds is 10. The molecule has 1 saturated carbocycles. The molecule has 7 heteroatoms. The monoisotopic (exact) mass is 355 g/mol. The van der Waals surface area contributed by atoms with Gasteiger partial charge in [-0.2, -0.15) is 0 Å². The van der Waals surface area contributed by atoms with Crippen molar-refractivity contribution in [2.24, 2.45) is 5.92 Å². The molecule has 1 fully saturated rings. The maximum atomic E-state index is 11.8. The Kier molecular flexibility index (Phi) is 9.96. The molecule has 0 spiro atoms. The van der Waals surface area contributed by atoms with Crippen molar-refractivity contribution in [1.82, 2.24) is 16.0 Å². The molecule has 1 aliphatic carbocycles. The van der Waals surface area contributed by atoms with Crippen LogP contribution in [0.4, 0.5) is 4.79 Å². The van der Waals surface area contributed by atoms with E-state index in [1.165, 1.54) is 19.3 Å². The predicted octanol–water partition coefficient (Wildman–Crippen LogP) is 2.40. The quantitative estimate of drug-likeness (QED) is 0.451. The fourth-order valence-electron chi connectivity index (χ4n) is 3.03. The number of aliphatic carboxylic acids is 1. The number of carboxylic acid groups (broad SMARTS) is 1. The minimum Gasteiger partial charge on any atom is -0.480 e. The number of amides is 3. The maximum Gasteiger partial charge on any atom is 0.326 e. The number of hydrogen-bond donors (Lipinski definition) is 4. The van der Waals surface area contributed by atoms with Gasteiger partial charge in [0, 0.05) is 19.0 Å². The normalized spacial score (nSPS) is 16.3. The Hall–Kier alpha value is -1.79. The maximum absolute atomic E-state index is 11.8. The van der Waals surface area contributed by atoms with Gasteiger partial charge in [0.1, 0.15) is 6.04 Å². The third-order valence-electron chi connectivity index (χ3n) is 4.56. The van der Waals surface area contributed by atoms with E-state index in [4.69, 9.17) is 5.11 Å². The minimum absolute atomic E-state index is 0.106. The van der Waals surface area contributed by atoms with Gasteiger partial charge >= 0.3 is 12.0 Å². The molecular weight excluding hydrogens is 322 g/mol. The molecule has 1 atom stereocenters. The molecule has 25 heavy (non-hydrogen) atoms. The Morgan fingerprint density at radius 1 is 1.04 bits per heavy atom. The van der Waals surface area contributed by atoms with Crippen LogP contribution in [0, 0.1) is 5.92 Å². The van der Waals surface area contributed by atoms with Crippen molar-refractivity contribution >= 4 is 17.9 Å². The highest BCUT2D eigenvalue weighted by atomic mass is 16.4. The molecule has 0 aromatic rings. The standard InChI is InChI=1S/C18H33N3O4/c1-13(2)16(17(23)24)21-15(22)11-7-4-8-12-19-18(25)20-14-9-5-3-6-10-14/h13-14,16H,3-12H2,1-2H3,(H,21,22)(H,23,24)(H2,19,20,25)/t16-/m1/s1. The SMILES string of the molecule is CC(C)[C@@H](NC(=O)CCCCCNC(=O)NC1CCCCC1)C(=O)O. The first-order chi connectivity index (χ1) is 11.9. The number of carbonyl (C=O) groups is 3. The zero-order valence-electron chi connectivity index (χ0n) is 15.5. The van der Waals surface area contributed by atoms with Gasteiger partial charge in [0.05, 0.1) is 0 Å². The highest BCUT2D eigenvalue weighted by Gasteiger charge is 2.22. The van der Waals surface area contributed by atoms with Crippen LogP contribution in [0.3, 0.4) is 0 Å². The molecular formula is C18H33N3O4. The van der Waals surface area contributed by atoms with Crippen LogP contribution in [-0.4, -0.2) is 41.6 Å². The Labute approximate surface area is 150 Å². The summed E-state index contributed by atoms with van der Waals surface area (Å²) in [4.78, 5) is 34.6. The lowest BCUT2D eigenvalue weighted by molar-refractivity contribution is -0.143. The van der Waals surface area contributed by atoms with Gasteiger partial charge in [-0.1, -0.05) is 39.5 Å². The second kappa shape index (κ2) is 11.7. The molecule has 3 amide bonds. The molecule has 0 radical (unpaired) electrons. The van der Waals surface area contributed by atoms with Gasteiger partial charge in [-0.15, -0.1) is 0 Å². The first-order valence-electron chi connectivity index (χ1n) is 9.46. The molecule has 1 aliphatic rings. The van der Waals surface area contributed by atoms with Crippen molar-refractivity contribution < 1.29 is 19.5 Å². The fourth-order valence-corrected chi connectivity index (χ4v) is 3.03. The van der Waals surface area contributed by atoms with Gasteiger partial charge < -0.3 is 21.1 Å². The van der Waals surface area contributed by atoms with E-state index in [1.54, 1.807) is 13.8 Å². The van der Waals surface area contributed by atoms with E-state index in [2.05, 4.69) is 16.0 Å². The lowest BCUT2D eigenvalue weighted by Crippen LogP contribution is -2.44. The summed E-state index contributed by atoms with van der Waals surface area (Å²) in [5, 5.41) is 17.4. The third kappa shape index (κ3) is 9.31. The Balaban J connectivity index is 2.04. The highest BCUT2D eigenvalue weighted by Crippen LogP contribution is 2.17. The first-order valence-corrected chi connectivity index (χ1v) is 9.46. The number of unbranched alkanes of at least 4 members (excludes halogenated alkanes) is 2. The summed E-state index contributed by atoms with van der Waals surface area (Å²) in [5.74, 6) is -1.38. The van der Waals surface area contributed by atoms with Crippen molar-refractivity contribution in [3.05, 3.63) is 0 Å². The van der Waals surface area contributed by atoms with Gasteiger partial charge in [-0.05, 0) is 31.6 Å². The molecule has 1 rings (SSSR count). The van der Waals surface area contributed by atoms with E-state index >= 15 is 0 Å². The highest BCUT2D eigenvalue weighted by molar-refractivity contribution is 5.83. The average molecular weight is 355 g/mol. The molecule has 0 unspecified atom stereocenters. The molecule has 144 valence electrons. The van der Waals surface area contributed by atoms with E-state index in [0.29, 0.717) is 25.4 Å².